The van der Waals surface area contributed by atoms with Crippen molar-refractivity contribution in [1.82, 2.24) is 19.2 Å². The van der Waals surface area contributed by atoms with Crippen LogP contribution in [0, 0.1) is 23.0 Å². The maximum atomic E-state index is 14.0. The first kappa shape index (κ1) is 17.1. The molecule has 1 aliphatic rings. The summed E-state index contributed by atoms with van der Waals surface area (Å²) in [7, 11) is 0. The first-order chi connectivity index (χ1) is 13.0. The highest BCUT2D eigenvalue weighted by Crippen LogP contribution is 2.16. The third-order valence-electron chi connectivity index (χ3n) is 4.57. The van der Waals surface area contributed by atoms with E-state index in [2.05, 4.69) is 16.1 Å². The van der Waals surface area contributed by atoms with E-state index in [-0.39, 0.29) is 5.69 Å². The van der Waals surface area contributed by atoms with Crippen LogP contribution in [0.4, 0.5) is 8.78 Å². The lowest BCUT2D eigenvalue weighted by Gasteiger charge is -2.26. The van der Waals surface area contributed by atoms with Crippen LogP contribution in [0.5, 0.6) is 0 Å². The molecule has 136 valence electrons. The molecule has 0 saturated heterocycles. The van der Waals surface area contributed by atoms with Crippen molar-refractivity contribution in [3.05, 3.63) is 81.5 Å². The minimum Gasteiger partial charge on any atom is -0.290 e. The van der Waals surface area contributed by atoms with Gasteiger partial charge in [0.2, 0.25) is 0 Å². The number of hydrogen-bond donors (Lipinski definition) is 0. The molecule has 1 aromatic heterocycles. The molecule has 27 heavy (non-hydrogen) atoms. The fourth-order valence-electron chi connectivity index (χ4n) is 3.19. The standard InChI is InChI=1S/C19H15F2N5O/c20-15-5-6-17(16(21)9-15)26-19(27)25-8-7-24(12-18(25)23-26)11-14-3-1-13(10-22)2-4-14/h1-6,9H,7-8,11-12H2. The Bertz CT molecular complexity index is 1090. The number of rotatable bonds is 3. The van der Waals surface area contributed by atoms with Gasteiger partial charge in [-0.15, -0.1) is 5.10 Å². The van der Waals surface area contributed by atoms with E-state index in [4.69, 9.17) is 5.26 Å². The lowest BCUT2D eigenvalue weighted by molar-refractivity contribution is 0.207. The molecule has 0 radical (unpaired) electrons. The van der Waals surface area contributed by atoms with Gasteiger partial charge >= 0.3 is 5.69 Å². The number of nitriles is 1. The van der Waals surface area contributed by atoms with E-state index in [1.807, 2.05) is 12.1 Å². The predicted molar refractivity (Wildman–Crippen MR) is 93.0 cm³/mol. The van der Waals surface area contributed by atoms with Gasteiger partial charge in [-0.3, -0.25) is 9.47 Å². The zero-order valence-electron chi connectivity index (χ0n) is 14.3. The monoisotopic (exact) mass is 367 g/mol. The minimum atomic E-state index is -0.831. The van der Waals surface area contributed by atoms with Crippen LogP contribution in [0.25, 0.3) is 5.69 Å². The van der Waals surface area contributed by atoms with Gasteiger partial charge in [-0.25, -0.2) is 13.6 Å². The van der Waals surface area contributed by atoms with E-state index >= 15 is 0 Å². The third kappa shape index (κ3) is 3.25. The molecule has 0 fully saturated rings. The summed E-state index contributed by atoms with van der Waals surface area (Å²) < 4.78 is 29.6. The summed E-state index contributed by atoms with van der Waals surface area (Å²) >= 11 is 0. The first-order valence-corrected chi connectivity index (χ1v) is 8.41. The largest absolute Gasteiger partial charge is 0.350 e. The number of nitrogens with zero attached hydrogens (tertiary/aromatic N) is 5. The minimum absolute atomic E-state index is 0.0676. The van der Waals surface area contributed by atoms with Gasteiger partial charge in [0.1, 0.15) is 17.3 Å². The number of aromatic nitrogens is 3. The Labute approximate surface area is 153 Å². The highest BCUT2D eigenvalue weighted by molar-refractivity contribution is 5.33. The molecule has 2 aromatic carbocycles. The van der Waals surface area contributed by atoms with Gasteiger partial charge in [-0.2, -0.15) is 9.94 Å². The fourth-order valence-corrected chi connectivity index (χ4v) is 3.19. The molecule has 0 saturated carbocycles. The topological polar surface area (TPSA) is 66.8 Å². The second kappa shape index (κ2) is 6.78. The molecule has 8 heteroatoms. The molecule has 0 N–H and O–H groups in total. The summed E-state index contributed by atoms with van der Waals surface area (Å²) in [5.74, 6) is -1.01. The van der Waals surface area contributed by atoms with E-state index < -0.39 is 17.3 Å². The molecule has 6 nitrogen and oxygen atoms in total. The van der Waals surface area contributed by atoms with Crippen molar-refractivity contribution >= 4 is 0 Å². The molecule has 0 atom stereocenters. The molecule has 3 aromatic rings. The zero-order chi connectivity index (χ0) is 19.0. The molecule has 0 spiro atoms. The van der Waals surface area contributed by atoms with Gasteiger partial charge in [0.15, 0.2) is 5.82 Å². The van der Waals surface area contributed by atoms with Crippen LogP contribution in [0.1, 0.15) is 17.0 Å². The summed E-state index contributed by atoms with van der Waals surface area (Å²) in [6.07, 6.45) is 0. The van der Waals surface area contributed by atoms with Gasteiger partial charge in [0, 0.05) is 25.7 Å². The number of benzene rings is 2. The van der Waals surface area contributed by atoms with Gasteiger partial charge in [0.25, 0.3) is 0 Å². The Hall–Kier alpha value is -3.31. The van der Waals surface area contributed by atoms with Crippen molar-refractivity contribution < 1.29 is 8.78 Å². The average molecular weight is 367 g/mol. The van der Waals surface area contributed by atoms with Crippen molar-refractivity contribution in [2.45, 2.75) is 19.6 Å². The molecule has 0 amide bonds. The normalized spacial score (nSPS) is 14.0. The summed E-state index contributed by atoms with van der Waals surface area (Å²) in [4.78, 5) is 14.7. The average Bonchev–Trinajstić information content (AvgIpc) is 2.98. The van der Waals surface area contributed by atoms with Crippen LogP contribution in [0.2, 0.25) is 0 Å². The van der Waals surface area contributed by atoms with Crippen molar-refractivity contribution in [3.8, 4) is 11.8 Å². The molecule has 0 bridgehead atoms. The van der Waals surface area contributed by atoms with E-state index in [0.29, 0.717) is 37.6 Å². The Kier molecular flexibility index (Phi) is 4.30. The maximum Gasteiger partial charge on any atom is 0.350 e. The Balaban J connectivity index is 1.58. The fraction of sp³-hybridized carbons (Fsp3) is 0.211. The highest BCUT2D eigenvalue weighted by Gasteiger charge is 2.23. The van der Waals surface area contributed by atoms with E-state index in [1.54, 1.807) is 12.1 Å². The Morgan fingerprint density at radius 2 is 1.89 bits per heavy atom. The zero-order valence-corrected chi connectivity index (χ0v) is 14.3. The van der Waals surface area contributed by atoms with Crippen LogP contribution in [0.15, 0.2) is 47.3 Å². The number of hydrogen-bond acceptors (Lipinski definition) is 4. The molecule has 1 aliphatic heterocycles. The molecule has 0 aliphatic carbocycles. The SMILES string of the molecule is N#Cc1ccc(CN2CCn3c(nn(-c4ccc(F)cc4F)c3=O)C2)cc1. The van der Waals surface area contributed by atoms with Crippen LogP contribution < -0.4 is 5.69 Å². The number of halogens is 2. The van der Waals surface area contributed by atoms with Gasteiger partial charge in [-0.1, -0.05) is 12.1 Å². The van der Waals surface area contributed by atoms with Crippen LogP contribution >= 0.6 is 0 Å². The predicted octanol–water partition coefficient (Wildman–Crippen LogP) is 2.20. The van der Waals surface area contributed by atoms with Crippen LogP contribution in [0.3, 0.4) is 0 Å². The second-order valence-corrected chi connectivity index (χ2v) is 6.38. The number of fused-ring (bicyclic) bond motifs is 1. The summed E-state index contributed by atoms with van der Waals surface area (Å²) in [6.45, 7) is 2.17. The third-order valence-corrected chi connectivity index (χ3v) is 4.57. The summed E-state index contributed by atoms with van der Waals surface area (Å²) in [6, 6.07) is 12.4. The van der Waals surface area contributed by atoms with E-state index in [1.165, 1.54) is 10.6 Å². The first-order valence-electron chi connectivity index (χ1n) is 8.41. The molecular weight excluding hydrogens is 352 g/mol. The Morgan fingerprint density at radius 3 is 2.59 bits per heavy atom. The van der Waals surface area contributed by atoms with Gasteiger partial charge in [-0.05, 0) is 29.8 Å². The summed E-state index contributed by atoms with van der Waals surface area (Å²) in [5.41, 5.74) is 1.15. The quantitative estimate of drug-likeness (QED) is 0.712. The Morgan fingerprint density at radius 1 is 1.11 bits per heavy atom. The van der Waals surface area contributed by atoms with Gasteiger partial charge in [0.05, 0.1) is 18.2 Å². The lowest BCUT2D eigenvalue weighted by atomic mass is 10.1. The summed E-state index contributed by atoms with van der Waals surface area (Å²) in [5, 5.41) is 13.1. The van der Waals surface area contributed by atoms with Crippen LogP contribution in [-0.4, -0.2) is 25.8 Å². The second-order valence-electron chi connectivity index (χ2n) is 6.38. The van der Waals surface area contributed by atoms with Crippen molar-refractivity contribution in [3.63, 3.8) is 0 Å². The van der Waals surface area contributed by atoms with Crippen LogP contribution in [-0.2, 0) is 19.6 Å². The molecule has 0 unspecified atom stereocenters. The van der Waals surface area contributed by atoms with Crippen molar-refractivity contribution in [2.24, 2.45) is 0 Å². The van der Waals surface area contributed by atoms with Crippen molar-refractivity contribution in [2.75, 3.05) is 6.54 Å². The molecule has 4 rings (SSSR count). The van der Waals surface area contributed by atoms with E-state index in [9.17, 15) is 13.6 Å². The van der Waals surface area contributed by atoms with Gasteiger partial charge < -0.3 is 0 Å². The molecule has 2 heterocycles. The lowest BCUT2D eigenvalue weighted by Crippen LogP contribution is -2.37. The van der Waals surface area contributed by atoms with E-state index in [0.717, 1.165) is 22.4 Å². The maximum absolute atomic E-state index is 14.0. The van der Waals surface area contributed by atoms with Crippen molar-refractivity contribution in [1.29, 1.82) is 5.26 Å². The smallest absolute Gasteiger partial charge is 0.290 e. The molecular formula is C19H15F2N5O. The highest BCUT2D eigenvalue weighted by atomic mass is 19.1.